The van der Waals surface area contributed by atoms with Crippen molar-refractivity contribution in [1.82, 2.24) is 9.78 Å². The normalized spacial score (nSPS) is 17.4. The predicted octanol–water partition coefficient (Wildman–Crippen LogP) is 4.74. The third-order valence-electron chi connectivity index (χ3n) is 4.26. The van der Waals surface area contributed by atoms with Crippen LogP contribution in [0.4, 0.5) is 13.2 Å². The molecule has 2 aromatic rings. The minimum Gasteiger partial charge on any atom is -0.487 e. The zero-order valence-electron chi connectivity index (χ0n) is 15.8. The minimum absolute atomic E-state index is 0.181. The molecule has 1 unspecified atom stereocenters. The minimum atomic E-state index is -4.60. The van der Waals surface area contributed by atoms with Gasteiger partial charge in [-0.05, 0) is 49.8 Å². The fraction of sp³-hybridized carbons (Fsp3) is 0.300. The fourth-order valence-electron chi connectivity index (χ4n) is 2.70. The second-order valence-corrected chi connectivity index (χ2v) is 7.04. The van der Waals surface area contributed by atoms with Gasteiger partial charge in [0, 0.05) is 0 Å². The van der Waals surface area contributed by atoms with E-state index < -0.39 is 29.3 Å². The monoisotopic (exact) mass is 442 g/mol. The lowest BCUT2D eigenvalue weighted by Gasteiger charge is -2.18. The van der Waals surface area contributed by atoms with Crippen LogP contribution in [-0.4, -0.2) is 32.3 Å². The topological polar surface area (TPSA) is 73.6 Å². The van der Waals surface area contributed by atoms with E-state index >= 15 is 0 Å². The molecule has 1 aliphatic carbocycles. The molecule has 6 nitrogen and oxygen atoms in total. The van der Waals surface area contributed by atoms with Crippen LogP contribution >= 0.6 is 11.6 Å². The van der Waals surface area contributed by atoms with Crippen LogP contribution in [0.1, 0.15) is 24.7 Å². The molecule has 2 atom stereocenters. The van der Waals surface area contributed by atoms with E-state index in [1.807, 2.05) is 6.08 Å². The molecule has 30 heavy (non-hydrogen) atoms. The van der Waals surface area contributed by atoms with Gasteiger partial charge in [-0.1, -0.05) is 12.2 Å². The smallest absolute Gasteiger partial charge is 0.435 e. The summed E-state index contributed by atoms with van der Waals surface area (Å²) in [5.41, 5.74) is -0.416. The van der Waals surface area contributed by atoms with Crippen molar-refractivity contribution in [2.24, 2.45) is 0 Å². The quantitative estimate of drug-likeness (QED) is 0.627. The number of rotatable bonds is 7. The summed E-state index contributed by atoms with van der Waals surface area (Å²) < 4.78 is 51.5. The van der Waals surface area contributed by atoms with E-state index in [9.17, 15) is 18.0 Å². The van der Waals surface area contributed by atoms with Gasteiger partial charge in [0.15, 0.2) is 11.8 Å². The van der Waals surface area contributed by atoms with E-state index in [0.29, 0.717) is 23.6 Å². The number of benzene rings is 1. The molecular weight excluding hydrogens is 425 g/mol. The van der Waals surface area contributed by atoms with Crippen LogP contribution in [0.3, 0.4) is 0 Å². The highest BCUT2D eigenvalue weighted by Crippen LogP contribution is 2.32. The highest BCUT2D eigenvalue weighted by Gasteiger charge is 2.36. The second-order valence-electron chi connectivity index (χ2n) is 6.51. The Morgan fingerprint density at radius 1 is 1.33 bits per heavy atom. The Balaban J connectivity index is 1.77. The lowest BCUT2D eigenvalue weighted by molar-refractivity contribution is -0.144. The summed E-state index contributed by atoms with van der Waals surface area (Å²) in [6.07, 6.45) is 0.00402. The summed E-state index contributed by atoms with van der Waals surface area (Å²) >= 11 is 6.25. The van der Waals surface area contributed by atoms with Crippen LogP contribution in [0.25, 0.3) is 5.70 Å². The molecule has 0 aliphatic heterocycles. The first kappa shape index (κ1) is 21.8. The van der Waals surface area contributed by atoms with Gasteiger partial charge < -0.3 is 14.6 Å². The molecule has 0 saturated heterocycles. The average molecular weight is 443 g/mol. The summed E-state index contributed by atoms with van der Waals surface area (Å²) in [5, 5.41) is 12.0. The number of carboxylic acid groups (broad SMARTS) is 1. The SMILES string of the molecule is C[C@@H](Oc1ccc(OCc2cc(C(F)(F)F)nn2C2=CC=CCC2Cl)cc1)C(=O)O. The number of nitrogens with zero attached hydrogens (tertiary/aromatic N) is 2. The largest absolute Gasteiger partial charge is 0.487 e. The van der Waals surface area contributed by atoms with E-state index in [1.54, 1.807) is 12.2 Å². The Morgan fingerprint density at radius 3 is 2.60 bits per heavy atom. The second kappa shape index (κ2) is 8.83. The van der Waals surface area contributed by atoms with Gasteiger partial charge in [0.25, 0.3) is 0 Å². The van der Waals surface area contributed by atoms with Crippen molar-refractivity contribution in [1.29, 1.82) is 0 Å². The average Bonchev–Trinajstić information content (AvgIpc) is 3.12. The molecule has 160 valence electrons. The fourth-order valence-corrected chi connectivity index (χ4v) is 2.97. The maximum atomic E-state index is 13.2. The number of hydrogen-bond acceptors (Lipinski definition) is 4. The third kappa shape index (κ3) is 5.15. The van der Waals surface area contributed by atoms with Gasteiger partial charge in [-0.3, -0.25) is 0 Å². The van der Waals surface area contributed by atoms with Crippen LogP contribution in [-0.2, 0) is 17.6 Å². The predicted molar refractivity (Wildman–Crippen MR) is 103 cm³/mol. The lowest BCUT2D eigenvalue weighted by atomic mass is 10.1. The Bertz CT molecular complexity index is 967. The van der Waals surface area contributed by atoms with Gasteiger partial charge in [-0.25, -0.2) is 9.48 Å². The molecule has 0 fully saturated rings. The first-order valence-electron chi connectivity index (χ1n) is 8.95. The summed E-state index contributed by atoms with van der Waals surface area (Å²) in [6, 6.07) is 7.01. The molecule has 1 aromatic heterocycles. The molecule has 0 spiro atoms. The zero-order valence-corrected chi connectivity index (χ0v) is 16.5. The van der Waals surface area contributed by atoms with Crippen LogP contribution in [0.5, 0.6) is 11.5 Å². The van der Waals surface area contributed by atoms with E-state index in [2.05, 4.69) is 5.10 Å². The number of carbonyl (C=O) groups is 1. The molecule has 1 N–H and O–H groups in total. The van der Waals surface area contributed by atoms with Gasteiger partial charge in [0.1, 0.15) is 18.1 Å². The molecular formula is C20H18ClF3N2O4. The first-order chi connectivity index (χ1) is 14.1. The Hall–Kier alpha value is -2.94. The maximum Gasteiger partial charge on any atom is 0.435 e. The third-order valence-corrected chi connectivity index (χ3v) is 4.66. The maximum absolute atomic E-state index is 13.2. The van der Waals surface area contributed by atoms with Gasteiger partial charge in [0.2, 0.25) is 0 Å². The Kier molecular flexibility index (Phi) is 6.40. The highest BCUT2D eigenvalue weighted by atomic mass is 35.5. The van der Waals surface area contributed by atoms with Crippen molar-refractivity contribution in [3.63, 3.8) is 0 Å². The van der Waals surface area contributed by atoms with Crippen LogP contribution in [0.15, 0.2) is 48.6 Å². The summed E-state index contributed by atoms with van der Waals surface area (Å²) in [7, 11) is 0. The molecule has 0 radical (unpaired) electrons. The number of hydrogen-bond donors (Lipinski definition) is 1. The lowest BCUT2D eigenvalue weighted by Crippen LogP contribution is -2.22. The Morgan fingerprint density at radius 2 is 2.00 bits per heavy atom. The van der Waals surface area contributed by atoms with E-state index in [0.717, 1.165) is 10.7 Å². The van der Waals surface area contributed by atoms with Crippen LogP contribution in [0, 0.1) is 0 Å². The Labute approximate surface area is 175 Å². The number of aromatic nitrogens is 2. The molecule has 1 aromatic carbocycles. The molecule has 1 heterocycles. The zero-order chi connectivity index (χ0) is 21.9. The number of ether oxygens (including phenoxy) is 2. The molecule has 3 rings (SSSR count). The van der Waals surface area contributed by atoms with Crippen molar-refractivity contribution in [3.8, 4) is 11.5 Å². The van der Waals surface area contributed by atoms with Gasteiger partial charge in [0.05, 0.1) is 16.8 Å². The standard InChI is InChI=1S/C20H18ClF3N2O4/c1-12(19(27)28)30-15-8-6-14(7-9-15)29-11-13-10-18(20(22,23)24)25-26(13)17-5-3-2-4-16(17)21/h2-3,5-10,12,16H,4,11H2,1H3,(H,27,28)/t12-,16?/m1/s1. The molecule has 0 amide bonds. The summed E-state index contributed by atoms with van der Waals surface area (Å²) in [4.78, 5) is 10.8. The highest BCUT2D eigenvalue weighted by molar-refractivity contribution is 6.25. The first-order valence-corrected chi connectivity index (χ1v) is 9.38. The van der Waals surface area contributed by atoms with Crippen LogP contribution < -0.4 is 9.47 Å². The van der Waals surface area contributed by atoms with Crippen molar-refractivity contribution in [2.45, 2.75) is 37.6 Å². The molecule has 10 heteroatoms. The van der Waals surface area contributed by atoms with E-state index in [4.69, 9.17) is 26.2 Å². The van der Waals surface area contributed by atoms with Crippen molar-refractivity contribution >= 4 is 23.3 Å². The number of carboxylic acids is 1. The number of allylic oxidation sites excluding steroid dienone is 4. The number of aliphatic carboxylic acids is 1. The number of halogens is 4. The van der Waals surface area contributed by atoms with Gasteiger partial charge in [-0.15, -0.1) is 11.6 Å². The summed E-state index contributed by atoms with van der Waals surface area (Å²) in [6.45, 7) is 1.21. The van der Waals surface area contributed by atoms with Crippen molar-refractivity contribution in [2.75, 3.05) is 0 Å². The van der Waals surface area contributed by atoms with E-state index in [-0.39, 0.29) is 12.3 Å². The number of alkyl halides is 4. The molecule has 0 saturated carbocycles. The molecule has 1 aliphatic rings. The van der Waals surface area contributed by atoms with Crippen molar-refractivity contribution < 1.29 is 32.5 Å². The van der Waals surface area contributed by atoms with Gasteiger partial charge >= 0.3 is 12.1 Å². The van der Waals surface area contributed by atoms with Gasteiger partial charge in [-0.2, -0.15) is 18.3 Å². The molecule has 0 bridgehead atoms. The summed E-state index contributed by atoms with van der Waals surface area (Å²) in [5.74, 6) is -0.411. The van der Waals surface area contributed by atoms with E-state index in [1.165, 1.54) is 31.2 Å². The van der Waals surface area contributed by atoms with Crippen LogP contribution in [0.2, 0.25) is 0 Å². The van der Waals surface area contributed by atoms with Crippen molar-refractivity contribution in [3.05, 3.63) is 59.9 Å².